The maximum atomic E-state index is 13.2. The fourth-order valence-corrected chi connectivity index (χ4v) is 3.96. The molecule has 0 saturated heterocycles. The zero-order valence-electron chi connectivity index (χ0n) is 21.1. The highest BCUT2D eigenvalue weighted by molar-refractivity contribution is 7.98. The van der Waals surface area contributed by atoms with Gasteiger partial charge in [0.25, 0.3) is 0 Å². The number of carbonyl (C=O) groups excluding carboxylic acids is 3. The first-order chi connectivity index (χ1) is 18.0. The molecule has 5 atom stereocenters. The van der Waals surface area contributed by atoms with Gasteiger partial charge in [-0.1, -0.05) is 12.1 Å². The first-order valence-corrected chi connectivity index (χ1v) is 13.2. The number of rotatable bonds is 15. The Hall–Kier alpha value is -3.62. The minimum Gasteiger partial charge on any atom is -0.508 e. The Morgan fingerprint density at radius 3 is 2.24 bits per heavy atom. The van der Waals surface area contributed by atoms with Gasteiger partial charge in [0.05, 0.1) is 18.5 Å². The third kappa shape index (κ3) is 9.68. The standard InChI is InChI=1S/C24H34N6O7S/c1-13(31)20(23(35)29-19(24(36)37)9-14-3-5-16(32)6-4-14)30-22(34)18(10-15-11-26-12-27-15)28-21(33)17(25)7-8-38-2/h3-6,11-13,17-20,31-32H,7-10,25H2,1-2H3,(H,26,27)(H,28,33)(H,29,35)(H,30,34)(H,36,37). The smallest absolute Gasteiger partial charge is 0.326 e. The molecule has 208 valence electrons. The molecule has 0 spiro atoms. The number of imidazole rings is 1. The van der Waals surface area contributed by atoms with Gasteiger partial charge in [0.2, 0.25) is 17.7 Å². The number of aromatic amines is 1. The van der Waals surface area contributed by atoms with Crippen molar-refractivity contribution in [3.05, 3.63) is 48.0 Å². The number of aliphatic carboxylic acids is 1. The lowest BCUT2D eigenvalue weighted by Crippen LogP contribution is -2.60. The summed E-state index contributed by atoms with van der Waals surface area (Å²) in [6.07, 6.45) is 3.65. The number of H-pyrrole nitrogens is 1. The van der Waals surface area contributed by atoms with Gasteiger partial charge < -0.3 is 42.0 Å². The molecule has 0 aliphatic heterocycles. The summed E-state index contributed by atoms with van der Waals surface area (Å²) < 4.78 is 0. The van der Waals surface area contributed by atoms with Crippen molar-refractivity contribution in [1.82, 2.24) is 25.9 Å². The van der Waals surface area contributed by atoms with E-state index in [9.17, 15) is 34.5 Å². The lowest BCUT2D eigenvalue weighted by molar-refractivity contribution is -0.143. The Labute approximate surface area is 224 Å². The maximum Gasteiger partial charge on any atom is 0.326 e. The molecular formula is C24H34N6O7S. The lowest BCUT2D eigenvalue weighted by Gasteiger charge is -2.26. The molecule has 1 aromatic carbocycles. The predicted molar refractivity (Wildman–Crippen MR) is 140 cm³/mol. The van der Waals surface area contributed by atoms with Crippen LogP contribution in [0.5, 0.6) is 5.75 Å². The van der Waals surface area contributed by atoms with Crippen molar-refractivity contribution >= 4 is 35.5 Å². The van der Waals surface area contributed by atoms with Crippen molar-refractivity contribution < 1.29 is 34.5 Å². The number of phenolic OH excluding ortho intramolecular Hbond substituents is 1. The van der Waals surface area contributed by atoms with Gasteiger partial charge in [-0.05, 0) is 43.0 Å². The quantitative estimate of drug-likeness (QED) is 0.134. The highest BCUT2D eigenvalue weighted by atomic mass is 32.2. The molecule has 0 radical (unpaired) electrons. The molecule has 2 rings (SSSR count). The van der Waals surface area contributed by atoms with Crippen LogP contribution in [-0.4, -0.2) is 91.3 Å². The largest absolute Gasteiger partial charge is 0.508 e. The van der Waals surface area contributed by atoms with E-state index in [1.165, 1.54) is 55.5 Å². The van der Waals surface area contributed by atoms with Crippen LogP contribution in [0, 0.1) is 0 Å². The SMILES string of the molecule is CSCCC(N)C(=O)NC(Cc1cnc[nH]1)C(=O)NC(C(=O)NC(Cc1ccc(O)cc1)C(=O)O)C(C)O. The molecule has 2 aromatic rings. The van der Waals surface area contributed by atoms with Crippen LogP contribution in [0.4, 0.5) is 0 Å². The predicted octanol–water partition coefficient (Wildman–Crippen LogP) is -1.10. The lowest BCUT2D eigenvalue weighted by atomic mass is 10.0. The van der Waals surface area contributed by atoms with Crippen LogP contribution in [0.2, 0.25) is 0 Å². The van der Waals surface area contributed by atoms with Crippen molar-refractivity contribution in [2.45, 2.75) is 56.5 Å². The number of nitrogens with one attached hydrogen (secondary N) is 4. The number of nitrogens with zero attached hydrogens (tertiary/aromatic N) is 1. The van der Waals surface area contributed by atoms with Crippen molar-refractivity contribution in [3.8, 4) is 5.75 Å². The monoisotopic (exact) mass is 550 g/mol. The summed E-state index contributed by atoms with van der Waals surface area (Å²) in [5, 5.41) is 36.6. The second-order valence-corrected chi connectivity index (χ2v) is 9.71. The first kappa shape index (κ1) is 30.6. The van der Waals surface area contributed by atoms with Crippen LogP contribution < -0.4 is 21.7 Å². The Bertz CT molecular complexity index is 1060. The van der Waals surface area contributed by atoms with E-state index < -0.39 is 54.0 Å². The number of carboxylic acid groups (broad SMARTS) is 1. The van der Waals surface area contributed by atoms with E-state index in [1.54, 1.807) is 0 Å². The number of aromatic nitrogens is 2. The van der Waals surface area contributed by atoms with E-state index in [0.29, 0.717) is 23.4 Å². The summed E-state index contributed by atoms with van der Waals surface area (Å²) in [6.45, 7) is 1.26. The Balaban J connectivity index is 2.14. The van der Waals surface area contributed by atoms with Crippen molar-refractivity contribution in [1.29, 1.82) is 0 Å². The molecule has 1 heterocycles. The number of thioether (sulfide) groups is 1. The zero-order chi connectivity index (χ0) is 28.2. The highest BCUT2D eigenvalue weighted by Crippen LogP contribution is 2.12. The van der Waals surface area contributed by atoms with Crippen LogP contribution in [0.3, 0.4) is 0 Å². The Kier molecular flexibility index (Phi) is 12.0. The van der Waals surface area contributed by atoms with E-state index in [-0.39, 0.29) is 18.6 Å². The number of phenols is 1. The van der Waals surface area contributed by atoms with Crippen molar-refractivity contribution in [3.63, 3.8) is 0 Å². The highest BCUT2D eigenvalue weighted by Gasteiger charge is 2.33. The zero-order valence-corrected chi connectivity index (χ0v) is 21.9. The van der Waals surface area contributed by atoms with Gasteiger partial charge >= 0.3 is 5.97 Å². The van der Waals surface area contributed by atoms with Gasteiger partial charge in [0.15, 0.2) is 0 Å². The third-order valence-electron chi connectivity index (χ3n) is 5.64. The average Bonchev–Trinajstić information content (AvgIpc) is 3.38. The van der Waals surface area contributed by atoms with Gasteiger partial charge in [-0.15, -0.1) is 0 Å². The minimum absolute atomic E-state index is 0.000424. The maximum absolute atomic E-state index is 13.2. The summed E-state index contributed by atoms with van der Waals surface area (Å²) in [7, 11) is 0. The fraction of sp³-hybridized carbons (Fsp3) is 0.458. The van der Waals surface area contributed by atoms with Crippen LogP contribution in [0.15, 0.2) is 36.8 Å². The second kappa shape index (κ2) is 15.0. The van der Waals surface area contributed by atoms with Crippen molar-refractivity contribution in [2.24, 2.45) is 5.73 Å². The summed E-state index contributed by atoms with van der Waals surface area (Å²) >= 11 is 1.52. The minimum atomic E-state index is -1.52. The van der Waals surface area contributed by atoms with E-state index in [0.717, 1.165) is 0 Å². The van der Waals surface area contributed by atoms with Gasteiger partial charge in [-0.25, -0.2) is 9.78 Å². The van der Waals surface area contributed by atoms with Crippen LogP contribution in [-0.2, 0) is 32.0 Å². The Morgan fingerprint density at radius 2 is 1.68 bits per heavy atom. The van der Waals surface area contributed by atoms with Crippen molar-refractivity contribution in [2.75, 3.05) is 12.0 Å². The summed E-state index contributed by atoms with van der Waals surface area (Å²) in [6, 6.07) is 0.883. The summed E-state index contributed by atoms with van der Waals surface area (Å²) in [5.74, 6) is -2.95. The normalized spacial score (nSPS) is 14.9. The molecule has 0 bridgehead atoms. The van der Waals surface area contributed by atoms with Crippen LogP contribution in [0.25, 0.3) is 0 Å². The molecule has 3 amide bonds. The number of hydrogen-bond donors (Lipinski definition) is 8. The fourth-order valence-electron chi connectivity index (χ4n) is 3.47. The molecule has 0 aliphatic rings. The average molecular weight is 551 g/mol. The first-order valence-electron chi connectivity index (χ1n) is 11.8. The number of amides is 3. The molecule has 0 aliphatic carbocycles. The van der Waals surface area contributed by atoms with E-state index in [4.69, 9.17) is 5.73 Å². The number of nitrogens with two attached hydrogens (primary N) is 1. The van der Waals surface area contributed by atoms with E-state index in [1.807, 2.05) is 6.26 Å². The number of aromatic hydroxyl groups is 1. The number of hydrogen-bond acceptors (Lipinski definition) is 9. The van der Waals surface area contributed by atoms with Crippen LogP contribution >= 0.6 is 11.8 Å². The third-order valence-corrected chi connectivity index (χ3v) is 6.28. The van der Waals surface area contributed by atoms with E-state index in [2.05, 4.69) is 25.9 Å². The van der Waals surface area contributed by atoms with Gasteiger partial charge in [-0.2, -0.15) is 11.8 Å². The number of benzene rings is 1. The summed E-state index contributed by atoms with van der Waals surface area (Å²) in [5.41, 5.74) is 6.99. The van der Waals surface area contributed by atoms with Gasteiger partial charge in [-0.3, -0.25) is 14.4 Å². The molecule has 0 fully saturated rings. The van der Waals surface area contributed by atoms with Gasteiger partial charge in [0.1, 0.15) is 23.9 Å². The summed E-state index contributed by atoms with van der Waals surface area (Å²) in [4.78, 5) is 57.2. The number of aliphatic hydroxyl groups is 1. The van der Waals surface area contributed by atoms with Crippen LogP contribution in [0.1, 0.15) is 24.6 Å². The van der Waals surface area contributed by atoms with E-state index >= 15 is 0 Å². The number of aliphatic hydroxyl groups excluding tert-OH is 1. The molecule has 9 N–H and O–H groups in total. The number of carboxylic acids is 1. The van der Waals surface area contributed by atoms with Gasteiger partial charge in [0, 0.05) is 24.7 Å². The molecule has 1 aromatic heterocycles. The molecular weight excluding hydrogens is 516 g/mol. The molecule has 0 saturated carbocycles. The Morgan fingerprint density at radius 1 is 1.03 bits per heavy atom. The molecule has 13 nitrogen and oxygen atoms in total. The molecule has 14 heteroatoms. The molecule has 38 heavy (non-hydrogen) atoms. The topological polar surface area (TPSA) is 220 Å². The number of carbonyl (C=O) groups is 4. The second-order valence-electron chi connectivity index (χ2n) is 8.73. The molecule has 5 unspecified atom stereocenters.